The van der Waals surface area contributed by atoms with Crippen LogP contribution in [0.4, 0.5) is 0 Å². The van der Waals surface area contributed by atoms with E-state index in [0.29, 0.717) is 36.5 Å². The van der Waals surface area contributed by atoms with Gasteiger partial charge in [-0.1, -0.05) is 19.9 Å². The number of Topliss-reactive ketones (excluding diaryl/α,β-unsaturated/α-hetero) is 1. The second-order valence-electron chi connectivity index (χ2n) is 9.99. The molecule has 4 aliphatic rings. The predicted molar refractivity (Wildman–Crippen MR) is 102 cm³/mol. The average Bonchev–Trinajstić information content (AvgIpc) is 2.89. The van der Waals surface area contributed by atoms with Crippen LogP contribution in [0.5, 0.6) is 0 Å². The first kappa shape index (κ1) is 18.9. The van der Waals surface area contributed by atoms with Crippen LogP contribution in [0.25, 0.3) is 0 Å². The van der Waals surface area contributed by atoms with Gasteiger partial charge in [0.1, 0.15) is 0 Å². The fraction of sp³-hybridized carbons (Fsp3) is 0.783. The number of ketones is 2. The largest absolute Gasteiger partial charge is 0.451 e. The average molecular weight is 373 g/mol. The van der Waals surface area contributed by atoms with Crippen molar-refractivity contribution in [3.05, 3.63) is 12.2 Å². The number of fused-ring (bicyclic) bond motifs is 5. The van der Waals surface area contributed by atoms with Crippen LogP contribution in [0.1, 0.15) is 72.6 Å². The molecule has 0 radical (unpaired) electrons. The highest BCUT2D eigenvalue weighted by atomic mass is 16.6. The van der Waals surface area contributed by atoms with Crippen molar-refractivity contribution in [2.24, 2.45) is 34.5 Å². The Morgan fingerprint density at radius 1 is 1.04 bits per heavy atom. The van der Waals surface area contributed by atoms with Gasteiger partial charge in [-0.05, 0) is 80.6 Å². The monoisotopic (exact) mass is 372 g/mol. The van der Waals surface area contributed by atoms with E-state index in [0.717, 1.165) is 32.1 Å². The van der Waals surface area contributed by atoms with Crippen molar-refractivity contribution in [3.8, 4) is 0 Å². The van der Waals surface area contributed by atoms with Gasteiger partial charge in [0, 0.05) is 18.8 Å². The first-order chi connectivity index (χ1) is 12.6. The lowest BCUT2D eigenvalue weighted by Crippen LogP contribution is -2.59. The molecule has 7 atom stereocenters. The van der Waals surface area contributed by atoms with Crippen LogP contribution in [0.3, 0.4) is 0 Å². The normalized spacial score (nSPS) is 48.4. The molecule has 0 saturated heterocycles. The predicted octanol–water partition coefficient (Wildman–Crippen LogP) is 4.27. The lowest BCUT2D eigenvalue weighted by Gasteiger charge is -2.59. The molecule has 0 amide bonds. The highest BCUT2D eigenvalue weighted by Crippen LogP contribution is 2.68. The van der Waals surface area contributed by atoms with Crippen LogP contribution >= 0.6 is 0 Å². The molecule has 0 aromatic heterocycles. The lowest BCUT2D eigenvalue weighted by atomic mass is 9.45. The molecule has 3 fully saturated rings. The van der Waals surface area contributed by atoms with Crippen molar-refractivity contribution in [1.29, 1.82) is 0 Å². The van der Waals surface area contributed by atoms with E-state index >= 15 is 0 Å². The van der Waals surface area contributed by atoms with Crippen LogP contribution in [0.15, 0.2) is 12.2 Å². The summed E-state index contributed by atoms with van der Waals surface area (Å²) in [6, 6.07) is 0. The second kappa shape index (κ2) is 6.02. The minimum atomic E-state index is -0.954. The van der Waals surface area contributed by atoms with Gasteiger partial charge in [-0.3, -0.25) is 14.4 Å². The fourth-order valence-corrected chi connectivity index (χ4v) is 7.70. The van der Waals surface area contributed by atoms with Gasteiger partial charge in [0.05, 0.1) is 0 Å². The van der Waals surface area contributed by atoms with Crippen LogP contribution in [-0.2, 0) is 19.1 Å². The number of allylic oxidation sites excluding steroid dienone is 2. The Labute approximate surface area is 162 Å². The molecule has 4 aliphatic carbocycles. The molecule has 0 aromatic carbocycles. The fourth-order valence-electron chi connectivity index (χ4n) is 7.70. The zero-order valence-corrected chi connectivity index (χ0v) is 17.0. The molecule has 0 heterocycles. The summed E-state index contributed by atoms with van der Waals surface area (Å²) in [6.45, 7) is 7.55. The Morgan fingerprint density at radius 2 is 1.74 bits per heavy atom. The highest BCUT2D eigenvalue weighted by Gasteiger charge is 2.67. The number of carbonyl (C=O) groups is 3. The molecular weight excluding hydrogens is 340 g/mol. The maximum Gasteiger partial charge on any atom is 0.303 e. The van der Waals surface area contributed by atoms with Gasteiger partial charge in [-0.2, -0.15) is 0 Å². The van der Waals surface area contributed by atoms with Gasteiger partial charge in [0.15, 0.2) is 17.2 Å². The summed E-state index contributed by atoms with van der Waals surface area (Å²) in [7, 11) is 0. The minimum Gasteiger partial charge on any atom is -0.451 e. The zero-order chi connectivity index (χ0) is 19.6. The van der Waals surface area contributed by atoms with Crippen LogP contribution in [0, 0.1) is 34.5 Å². The lowest BCUT2D eigenvalue weighted by molar-refractivity contribution is -0.188. The molecule has 3 saturated carbocycles. The van der Waals surface area contributed by atoms with E-state index in [4.69, 9.17) is 4.74 Å². The zero-order valence-electron chi connectivity index (χ0n) is 17.0. The van der Waals surface area contributed by atoms with E-state index in [1.54, 1.807) is 13.0 Å². The van der Waals surface area contributed by atoms with Crippen LogP contribution in [0.2, 0.25) is 0 Å². The van der Waals surface area contributed by atoms with Crippen molar-refractivity contribution >= 4 is 17.5 Å². The Kier molecular flexibility index (Phi) is 4.21. The summed E-state index contributed by atoms with van der Waals surface area (Å²) in [5.41, 5.74) is -1.14. The molecule has 0 spiro atoms. The molecule has 27 heavy (non-hydrogen) atoms. The molecule has 0 aliphatic heterocycles. The van der Waals surface area contributed by atoms with Gasteiger partial charge in [0.2, 0.25) is 0 Å². The van der Waals surface area contributed by atoms with Gasteiger partial charge < -0.3 is 4.74 Å². The van der Waals surface area contributed by atoms with Gasteiger partial charge in [-0.15, -0.1) is 0 Å². The minimum absolute atomic E-state index is 0.00390. The number of hydrogen-bond acceptors (Lipinski definition) is 4. The third-order valence-electron chi connectivity index (χ3n) is 9.05. The topological polar surface area (TPSA) is 60.4 Å². The van der Waals surface area contributed by atoms with Gasteiger partial charge >= 0.3 is 5.97 Å². The summed E-state index contributed by atoms with van der Waals surface area (Å²) in [4.78, 5) is 36.5. The van der Waals surface area contributed by atoms with E-state index in [1.165, 1.54) is 6.92 Å². The standard InChI is InChI=1S/C23H32O4/c1-14(24)23(27-15(2)25)12-9-20-18-6-5-16-13-17(26)7-10-21(16,3)19(18)8-11-22(20,23)4/h7,10,16,18-20H,5-6,8-9,11-13H2,1-4H3/t16?,18-,19+,20+,21+,22+,23-/m1/s1. The molecule has 0 bridgehead atoms. The van der Waals surface area contributed by atoms with E-state index in [1.807, 2.05) is 0 Å². The molecule has 0 N–H and O–H groups in total. The SMILES string of the molecule is CC(=O)O[C@@]1(C(C)=O)CC[C@H]2[C@@H]3CCC4CC(=O)C=C[C@]4(C)[C@H]3CC[C@@]21C. The Morgan fingerprint density at radius 3 is 2.41 bits per heavy atom. The third kappa shape index (κ3) is 2.44. The second-order valence-corrected chi connectivity index (χ2v) is 9.99. The van der Waals surface area contributed by atoms with Gasteiger partial charge in [-0.25, -0.2) is 0 Å². The number of hydrogen-bond donors (Lipinski definition) is 0. The first-order valence-corrected chi connectivity index (χ1v) is 10.6. The van der Waals surface area contributed by atoms with Crippen molar-refractivity contribution in [2.45, 2.75) is 78.2 Å². The van der Waals surface area contributed by atoms with Crippen LogP contribution < -0.4 is 0 Å². The molecule has 148 valence electrons. The number of esters is 1. The number of ether oxygens (including phenoxy) is 1. The van der Waals surface area contributed by atoms with Crippen molar-refractivity contribution in [1.82, 2.24) is 0 Å². The summed E-state index contributed by atoms with van der Waals surface area (Å²) in [6.07, 6.45) is 10.5. The Balaban J connectivity index is 1.70. The molecule has 4 heteroatoms. The maximum absolute atomic E-state index is 12.7. The van der Waals surface area contributed by atoms with Crippen molar-refractivity contribution in [3.63, 3.8) is 0 Å². The molecular formula is C23H32O4. The van der Waals surface area contributed by atoms with E-state index in [2.05, 4.69) is 19.9 Å². The molecule has 1 unspecified atom stereocenters. The quantitative estimate of drug-likeness (QED) is 0.679. The van der Waals surface area contributed by atoms with E-state index in [9.17, 15) is 14.4 Å². The third-order valence-corrected chi connectivity index (χ3v) is 9.05. The van der Waals surface area contributed by atoms with Crippen LogP contribution in [-0.4, -0.2) is 23.1 Å². The van der Waals surface area contributed by atoms with Crippen molar-refractivity contribution < 1.29 is 19.1 Å². The summed E-state index contributed by atoms with van der Waals surface area (Å²) in [5.74, 6) is 1.88. The van der Waals surface area contributed by atoms with E-state index in [-0.39, 0.29) is 28.4 Å². The molecule has 4 rings (SSSR count). The van der Waals surface area contributed by atoms with Gasteiger partial charge in [0.25, 0.3) is 0 Å². The van der Waals surface area contributed by atoms with E-state index < -0.39 is 5.60 Å². The number of carbonyl (C=O) groups excluding carboxylic acids is 3. The molecule has 4 nitrogen and oxygen atoms in total. The molecule has 0 aromatic rings. The summed E-state index contributed by atoms with van der Waals surface area (Å²) < 4.78 is 5.81. The Bertz CT molecular complexity index is 724. The Hall–Kier alpha value is -1.45. The first-order valence-electron chi connectivity index (χ1n) is 10.6. The maximum atomic E-state index is 12.7. The highest BCUT2D eigenvalue weighted by molar-refractivity contribution is 5.91. The summed E-state index contributed by atoms with van der Waals surface area (Å²) in [5, 5.41) is 0. The number of rotatable bonds is 2. The summed E-state index contributed by atoms with van der Waals surface area (Å²) >= 11 is 0. The van der Waals surface area contributed by atoms with Crippen molar-refractivity contribution in [2.75, 3.05) is 0 Å². The smallest absolute Gasteiger partial charge is 0.303 e.